The molecule has 3 rings (SSSR count). The summed E-state index contributed by atoms with van der Waals surface area (Å²) in [6.45, 7) is 2.70. The Kier molecular flexibility index (Phi) is 3.55. The van der Waals surface area contributed by atoms with Gasteiger partial charge in [0, 0.05) is 50.4 Å². The van der Waals surface area contributed by atoms with Gasteiger partial charge in [-0.2, -0.15) is 5.10 Å². The Morgan fingerprint density at radius 1 is 1.37 bits per heavy atom. The summed E-state index contributed by atoms with van der Waals surface area (Å²) in [5, 5.41) is 7.73. The molecule has 0 spiro atoms. The summed E-state index contributed by atoms with van der Waals surface area (Å²) in [4.78, 5) is 14.0. The molecular weight excluding hydrogens is 240 g/mol. The Labute approximate surface area is 114 Å². The highest BCUT2D eigenvalue weighted by molar-refractivity contribution is 5.81. The van der Waals surface area contributed by atoms with Crippen molar-refractivity contribution in [3.05, 3.63) is 18.0 Å². The van der Waals surface area contributed by atoms with Crippen molar-refractivity contribution < 1.29 is 4.79 Å². The maximum absolute atomic E-state index is 11.9. The summed E-state index contributed by atoms with van der Waals surface area (Å²) < 4.78 is 1.83. The molecule has 1 N–H and O–H groups in total. The lowest BCUT2D eigenvalue weighted by Gasteiger charge is -2.32. The summed E-state index contributed by atoms with van der Waals surface area (Å²) in [5.41, 5.74) is 1.22. The first-order valence-electron chi connectivity index (χ1n) is 7.22. The number of rotatable bonds is 4. The fourth-order valence-electron chi connectivity index (χ4n) is 2.72. The van der Waals surface area contributed by atoms with Crippen LogP contribution in [-0.2, 0) is 18.4 Å². The molecular formula is C14H22N4O. The molecule has 1 aliphatic heterocycles. The van der Waals surface area contributed by atoms with Gasteiger partial charge in [0.15, 0.2) is 0 Å². The van der Waals surface area contributed by atoms with Gasteiger partial charge in [0.25, 0.3) is 0 Å². The summed E-state index contributed by atoms with van der Waals surface area (Å²) in [7, 11) is 1.94. The van der Waals surface area contributed by atoms with E-state index < -0.39 is 0 Å². The highest BCUT2D eigenvalue weighted by Crippen LogP contribution is 2.31. The quantitative estimate of drug-likeness (QED) is 0.877. The predicted octanol–water partition coefficient (Wildman–Crippen LogP) is 0.911. The lowest BCUT2D eigenvalue weighted by Crippen LogP contribution is -2.45. The van der Waals surface area contributed by atoms with Crippen molar-refractivity contribution in [1.82, 2.24) is 20.0 Å². The fourth-order valence-corrected chi connectivity index (χ4v) is 2.72. The van der Waals surface area contributed by atoms with Crippen LogP contribution in [0, 0.1) is 5.92 Å². The van der Waals surface area contributed by atoms with Crippen LogP contribution in [0.25, 0.3) is 0 Å². The lowest BCUT2D eigenvalue weighted by molar-refractivity contribution is -0.133. The summed E-state index contributed by atoms with van der Waals surface area (Å²) in [6.07, 6.45) is 8.30. The first-order chi connectivity index (χ1) is 9.22. The minimum atomic E-state index is 0.361. The Morgan fingerprint density at radius 2 is 2.11 bits per heavy atom. The Bertz CT molecular complexity index is 444. The molecule has 1 aliphatic carbocycles. The SMILES string of the molecule is Cn1cc(CNC2CCN(C(=O)C3CC3)CC2)cn1. The van der Waals surface area contributed by atoms with Crippen molar-refractivity contribution >= 4 is 5.91 Å². The maximum atomic E-state index is 11.9. The van der Waals surface area contributed by atoms with Crippen molar-refractivity contribution in [2.75, 3.05) is 13.1 Å². The van der Waals surface area contributed by atoms with Crippen molar-refractivity contribution in [2.45, 2.75) is 38.3 Å². The normalized spacial score (nSPS) is 20.8. The molecule has 0 bridgehead atoms. The van der Waals surface area contributed by atoms with E-state index in [-0.39, 0.29) is 0 Å². The summed E-state index contributed by atoms with van der Waals surface area (Å²) in [5.74, 6) is 0.755. The highest BCUT2D eigenvalue weighted by atomic mass is 16.2. The molecule has 0 radical (unpaired) electrons. The molecule has 1 saturated heterocycles. The second-order valence-electron chi connectivity index (χ2n) is 5.78. The second-order valence-corrected chi connectivity index (χ2v) is 5.78. The van der Waals surface area contributed by atoms with Gasteiger partial charge in [-0.15, -0.1) is 0 Å². The Hall–Kier alpha value is -1.36. The number of hydrogen-bond acceptors (Lipinski definition) is 3. The standard InChI is InChI=1S/C14H22N4O/c1-17-10-11(9-16-17)8-15-13-4-6-18(7-5-13)14(19)12-2-3-12/h9-10,12-13,15H,2-8H2,1H3. The number of likely N-dealkylation sites (tertiary alicyclic amines) is 1. The van der Waals surface area contributed by atoms with Gasteiger partial charge in [-0.25, -0.2) is 0 Å². The third-order valence-corrected chi connectivity index (χ3v) is 4.09. The van der Waals surface area contributed by atoms with Gasteiger partial charge in [-0.3, -0.25) is 9.48 Å². The van der Waals surface area contributed by atoms with Gasteiger partial charge in [-0.1, -0.05) is 0 Å². The molecule has 5 nitrogen and oxygen atoms in total. The Balaban J connectivity index is 1.41. The average molecular weight is 262 g/mol. The van der Waals surface area contributed by atoms with Crippen molar-refractivity contribution in [3.8, 4) is 0 Å². The summed E-state index contributed by atoms with van der Waals surface area (Å²) in [6, 6.07) is 0.531. The molecule has 5 heteroatoms. The topological polar surface area (TPSA) is 50.2 Å². The van der Waals surface area contributed by atoms with E-state index >= 15 is 0 Å². The number of hydrogen-bond donors (Lipinski definition) is 1. The van der Waals surface area contributed by atoms with Crippen LogP contribution in [0.3, 0.4) is 0 Å². The number of carbonyl (C=O) groups is 1. The molecule has 1 amide bonds. The van der Waals surface area contributed by atoms with E-state index in [0.29, 0.717) is 17.9 Å². The van der Waals surface area contributed by atoms with E-state index in [4.69, 9.17) is 0 Å². The molecule has 1 aromatic heterocycles. The van der Waals surface area contributed by atoms with Crippen LogP contribution >= 0.6 is 0 Å². The predicted molar refractivity (Wildman–Crippen MR) is 72.4 cm³/mol. The van der Waals surface area contributed by atoms with Gasteiger partial charge in [0.05, 0.1) is 6.20 Å². The number of amides is 1. The summed E-state index contributed by atoms with van der Waals surface area (Å²) >= 11 is 0. The lowest BCUT2D eigenvalue weighted by atomic mass is 10.0. The van der Waals surface area contributed by atoms with E-state index in [1.54, 1.807) is 0 Å². The van der Waals surface area contributed by atoms with Gasteiger partial charge in [-0.05, 0) is 25.7 Å². The van der Waals surface area contributed by atoms with Crippen LogP contribution in [0.4, 0.5) is 0 Å². The maximum Gasteiger partial charge on any atom is 0.225 e. The highest BCUT2D eigenvalue weighted by Gasteiger charge is 2.34. The van der Waals surface area contributed by atoms with Crippen molar-refractivity contribution in [1.29, 1.82) is 0 Å². The van der Waals surface area contributed by atoms with Crippen LogP contribution in [-0.4, -0.2) is 39.7 Å². The van der Waals surface area contributed by atoms with Crippen LogP contribution < -0.4 is 5.32 Å². The number of aromatic nitrogens is 2. The molecule has 104 valence electrons. The molecule has 2 heterocycles. The molecule has 2 fully saturated rings. The van der Waals surface area contributed by atoms with E-state index in [2.05, 4.69) is 15.3 Å². The average Bonchev–Trinajstić information content (AvgIpc) is 3.19. The van der Waals surface area contributed by atoms with Gasteiger partial charge < -0.3 is 10.2 Å². The van der Waals surface area contributed by atoms with Crippen molar-refractivity contribution in [2.24, 2.45) is 13.0 Å². The zero-order chi connectivity index (χ0) is 13.2. The molecule has 1 aromatic rings. The largest absolute Gasteiger partial charge is 0.342 e. The number of nitrogens with zero attached hydrogens (tertiary/aromatic N) is 3. The van der Waals surface area contributed by atoms with Crippen LogP contribution in [0.5, 0.6) is 0 Å². The van der Waals surface area contributed by atoms with E-state index in [0.717, 1.165) is 45.3 Å². The van der Waals surface area contributed by atoms with E-state index in [9.17, 15) is 4.79 Å². The first kappa shape index (κ1) is 12.7. The van der Waals surface area contributed by atoms with Gasteiger partial charge >= 0.3 is 0 Å². The van der Waals surface area contributed by atoms with E-state index in [1.807, 2.05) is 24.1 Å². The second kappa shape index (κ2) is 5.33. The van der Waals surface area contributed by atoms with Crippen molar-refractivity contribution in [3.63, 3.8) is 0 Å². The van der Waals surface area contributed by atoms with Crippen LogP contribution in [0.2, 0.25) is 0 Å². The van der Waals surface area contributed by atoms with E-state index in [1.165, 1.54) is 5.56 Å². The van der Waals surface area contributed by atoms with Crippen LogP contribution in [0.15, 0.2) is 12.4 Å². The molecule has 0 aromatic carbocycles. The minimum absolute atomic E-state index is 0.361. The molecule has 1 saturated carbocycles. The third-order valence-electron chi connectivity index (χ3n) is 4.09. The molecule has 0 unspecified atom stereocenters. The zero-order valence-electron chi connectivity index (χ0n) is 11.5. The number of carbonyl (C=O) groups excluding carboxylic acids is 1. The third kappa shape index (κ3) is 3.15. The minimum Gasteiger partial charge on any atom is -0.342 e. The fraction of sp³-hybridized carbons (Fsp3) is 0.714. The smallest absolute Gasteiger partial charge is 0.225 e. The number of aryl methyl sites for hydroxylation is 1. The van der Waals surface area contributed by atoms with Gasteiger partial charge in [0.2, 0.25) is 5.91 Å². The monoisotopic (exact) mass is 262 g/mol. The Morgan fingerprint density at radius 3 is 2.68 bits per heavy atom. The molecule has 0 atom stereocenters. The number of piperidine rings is 1. The van der Waals surface area contributed by atoms with Crippen LogP contribution in [0.1, 0.15) is 31.2 Å². The molecule has 2 aliphatic rings. The molecule has 19 heavy (non-hydrogen) atoms. The first-order valence-corrected chi connectivity index (χ1v) is 7.22. The number of nitrogens with one attached hydrogen (secondary N) is 1. The zero-order valence-corrected chi connectivity index (χ0v) is 11.5. The van der Waals surface area contributed by atoms with Gasteiger partial charge in [0.1, 0.15) is 0 Å².